The molecule has 0 radical (unpaired) electrons. The van der Waals surface area contributed by atoms with Gasteiger partial charge in [0.25, 0.3) is 0 Å². The van der Waals surface area contributed by atoms with Crippen molar-refractivity contribution in [2.75, 3.05) is 14.2 Å². The molecule has 0 aliphatic carbocycles. The van der Waals surface area contributed by atoms with Crippen LogP contribution in [0.5, 0.6) is 11.5 Å². The van der Waals surface area contributed by atoms with Crippen LogP contribution >= 0.6 is 0 Å². The van der Waals surface area contributed by atoms with E-state index in [1.165, 1.54) is 11.1 Å². The van der Waals surface area contributed by atoms with E-state index in [4.69, 9.17) is 9.47 Å². The Bertz CT molecular complexity index is 517. The second-order valence-corrected chi connectivity index (χ2v) is 4.48. The Hall–Kier alpha value is -1.96. The van der Waals surface area contributed by atoms with Crippen LogP contribution in [-0.2, 0) is 0 Å². The van der Waals surface area contributed by atoms with Crippen LogP contribution < -0.4 is 9.47 Å². The molecule has 0 aromatic heterocycles. The molecule has 2 rings (SSSR count). The van der Waals surface area contributed by atoms with Crippen LogP contribution in [0, 0.1) is 0 Å². The highest BCUT2D eigenvalue weighted by Crippen LogP contribution is 2.34. The minimum atomic E-state index is 0.349. The minimum Gasteiger partial charge on any atom is -0.497 e. The summed E-state index contributed by atoms with van der Waals surface area (Å²) in [4.78, 5) is 0. The molecule has 0 spiro atoms. The molecular formula is C17H20O2. The van der Waals surface area contributed by atoms with E-state index in [2.05, 4.69) is 31.2 Å². The third-order valence-electron chi connectivity index (χ3n) is 3.44. The Morgan fingerprint density at radius 3 is 2.16 bits per heavy atom. The Balaban J connectivity index is 2.37. The third kappa shape index (κ3) is 2.90. The average Bonchev–Trinajstić information content (AvgIpc) is 2.49. The van der Waals surface area contributed by atoms with Crippen molar-refractivity contribution in [3.05, 3.63) is 59.7 Å². The molecule has 0 aliphatic rings. The van der Waals surface area contributed by atoms with Gasteiger partial charge in [0.1, 0.15) is 11.5 Å². The smallest absolute Gasteiger partial charge is 0.122 e. The van der Waals surface area contributed by atoms with Gasteiger partial charge in [0.15, 0.2) is 0 Å². The lowest BCUT2D eigenvalue weighted by Crippen LogP contribution is -2.02. The van der Waals surface area contributed by atoms with Crippen LogP contribution in [0.1, 0.15) is 30.4 Å². The number of hydrogen-bond acceptors (Lipinski definition) is 2. The van der Waals surface area contributed by atoms with Crippen LogP contribution in [0.25, 0.3) is 0 Å². The van der Waals surface area contributed by atoms with Crippen molar-refractivity contribution in [2.45, 2.75) is 19.3 Å². The zero-order valence-electron chi connectivity index (χ0n) is 11.7. The summed E-state index contributed by atoms with van der Waals surface area (Å²) >= 11 is 0. The summed E-state index contributed by atoms with van der Waals surface area (Å²) in [7, 11) is 3.41. The van der Waals surface area contributed by atoms with E-state index >= 15 is 0 Å². The first-order chi connectivity index (χ1) is 9.30. The van der Waals surface area contributed by atoms with Crippen molar-refractivity contribution in [1.29, 1.82) is 0 Å². The first kappa shape index (κ1) is 13.5. The SMILES string of the molecule is CCC(c1ccc(OC)cc1)c1ccccc1OC. The van der Waals surface area contributed by atoms with E-state index in [1.807, 2.05) is 24.3 Å². The summed E-state index contributed by atoms with van der Waals surface area (Å²) < 4.78 is 10.7. The maximum Gasteiger partial charge on any atom is 0.122 e. The quantitative estimate of drug-likeness (QED) is 0.796. The lowest BCUT2D eigenvalue weighted by atomic mass is 9.88. The molecule has 1 unspecified atom stereocenters. The fourth-order valence-corrected chi connectivity index (χ4v) is 2.43. The maximum absolute atomic E-state index is 5.47. The van der Waals surface area contributed by atoms with Crippen molar-refractivity contribution in [3.8, 4) is 11.5 Å². The molecule has 0 heterocycles. The molecule has 0 N–H and O–H groups in total. The van der Waals surface area contributed by atoms with Gasteiger partial charge >= 0.3 is 0 Å². The molecule has 0 saturated heterocycles. The number of para-hydroxylation sites is 1. The highest BCUT2D eigenvalue weighted by Gasteiger charge is 2.16. The second kappa shape index (κ2) is 6.28. The van der Waals surface area contributed by atoms with Crippen LogP contribution in [0.2, 0.25) is 0 Å². The monoisotopic (exact) mass is 256 g/mol. The second-order valence-electron chi connectivity index (χ2n) is 4.48. The summed E-state index contributed by atoms with van der Waals surface area (Å²) in [6, 6.07) is 16.5. The molecule has 0 bridgehead atoms. The van der Waals surface area contributed by atoms with Crippen LogP contribution in [0.15, 0.2) is 48.5 Å². The summed E-state index contributed by atoms with van der Waals surface area (Å²) in [6.07, 6.45) is 1.03. The zero-order chi connectivity index (χ0) is 13.7. The molecule has 2 aromatic rings. The van der Waals surface area contributed by atoms with E-state index in [1.54, 1.807) is 14.2 Å². The minimum absolute atomic E-state index is 0.349. The van der Waals surface area contributed by atoms with Crippen LogP contribution in [0.4, 0.5) is 0 Å². The van der Waals surface area contributed by atoms with E-state index in [0.717, 1.165) is 17.9 Å². The lowest BCUT2D eigenvalue weighted by Gasteiger charge is -2.19. The first-order valence-corrected chi connectivity index (χ1v) is 6.57. The molecule has 2 nitrogen and oxygen atoms in total. The summed E-state index contributed by atoms with van der Waals surface area (Å²) in [5.41, 5.74) is 2.52. The van der Waals surface area contributed by atoms with E-state index in [-0.39, 0.29) is 0 Å². The van der Waals surface area contributed by atoms with Crippen molar-refractivity contribution >= 4 is 0 Å². The molecule has 100 valence electrons. The van der Waals surface area contributed by atoms with Gasteiger partial charge in [-0.3, -0.25) is 0 Å². The van der Waals surface area contributed by atoms with Gasteiger partial charge in [0.05, 0.1) is 14.2 Å². The van der Waals surface area contributed by atoms with Crippen molar-refractivity contribution in [3.63, 3.8) is 0 Å². The molecule has 1 atom stereocenters. The molecule has 0 saturated carbocycles. The number of ether oxygens (including phenoxy) is 2. The highest BCUT2D eigenvalue weighted by molar-refractivity contribution is 5.43. The standard InChI is InChI=1S/C17H20O2/c1-4-15(13-9-11-14(18-2)12-10-13)16-7-5-6-8-17(16)19-3/h5-12,15H,4H2,1-3H3. The topological polar surface area (TPSA) is 18.5 Å². The Morgan fingerprint density at radius 1 is 0.895 bits per heavy atom. The molecule has 0 aliphatic heterocycles. The summed E-state index contributed by atoms with van der Waals surface area (Å²) in [5, 5.41) is 0. The van der Waals surface area contributed by atoms with E-state index in [0.29, 0.717) is 5.92 Å². The van der Waals surface area contributed by atoms with Gasteiger partial charge in [0.2, 0.25) is 0 Å². The van der Waals surface area contributed by atoms with Crippen molar-refractivity contribution in [1.82, 2.24) is 0 Å². The Labute approximate surface area is 115 Å². The zero-order valence-corrected chi connectivity index (χ0v) is 11.7. The molecule has 2 aromatic carbocycles. The van der Waals surface area contributed by atoms with Gasteiger partial charge in [-0.1, -0.05) is 37.3 Å². The van der Waals surface area contributed by atoms with Gasteiger partial charge in [-0.05, 0) is 30.2 Å². The molecule has 0 fully saturated rings. The van der Waals surface area contributed by atoms with Crippen LogP contribution in [0.3, 0.4) is 0 Å². The van der Waals surface area contributed by atoms with E-state index < -0.39 is 0 Å². The fourth-order valence-electron chi connectivity index (χ4n) is 2.43. The van der Waals surface area contributed by atoms with Crippen LogP contribution in [-0.4, -0.2) is 14.2 Å². The van der Waals surface area contributed by atoms with E-state index in [9.17, 15) is 0 Å². The molecular weight excluding hydrogens is 236 g/mol. The van der Waals surface area contributed by atoms with Gasteiger partial charge < -0.3 is 9.47 Å². The number of rotatable bonds is 5. The predicted octanol–water partition coefficient (Wildman–Crippen LogP) is 4.25. The fraction of sp³-hybridized carbons (Fsp3) is 0.294. The van der Waals surface area contributed by atoms with Gasteiger partial charge in [-0.25, -0.2) is 0 Å². The normalized spacial score (nSPS) is 11.9. The van der Waals surface area contributed by atoms with Gasteiger partial charge in [-0.2, -0.15) is 0 Å². The average molecular weight is 256 g/mol. The third-order valence-corrected chi connectivity index (χ3v) is 3.44. The van der Waals surface area contributed by atoms with Crippen molar-refractivity contribution < 1.29 is 9.47 Å². The lowest BCUT2D eigenvalue weighted by molar-refractivity contribution is 0.407. The molecule has 0 amide bonds. The summed E-state index contributed by atoms with van der Waals surface area (Å²) in [5.74, 6) is 2.19. The molecule has 19 heavy (non-hydrogen) atoms. The number of methoxy groups -OCH3 is 2. The summed E-state index contributed by atoms with van der Waals surface area (Å²) in [6.45, 7) is 2.20. The Morgan fingerprint density at radius 2 is 1.58 bits per heavy atom. The van der Waals surface area contributed by atoms with Crippen molar-refractivity contribution in [2.24, 2.45) is 0 Å². The largest absolute Gasteiger partial charge is 0.497 e. The maximum atomic E-state index is 5.47. The highest BCUT2D eigenvalue weighted by atomic mass is 16.5. The Kier molecular flexibility index (Phi) is 4.45. The number of hydrogen-bond donors (Lipinski definition) is 0. The van der Waals surface area contributed by atoms with Gasteiger partial charge in [0, 0.05) is 11.5 Å². The molecule has 2 heteroatoms. The predicted molar refractivity (Wildman–Crippen MR) is 78.1 cm³/mol. The number of benzene rings is 2. The van der Waals surface area contributed by atoms with Gasteiger partial charge in [-0.15, -0.1) is 0 Å². The first-order valence-electron chi connectivity index (χ1n) is 6.57.